The van der Waals surface area contributed by atoms with Crippen molar-refractivity contribution in [1.82, 2.24) is 20.6 Å². The van der Waals surface area contributed by atoms with Crippen molar-refractivity contribution in [1.29, 1.82) is 5.26 Å². The summed E-state index contributed by atoms with van der Waals surface area (Å²) < 4.78 is 0. The Bertz CT molecular complexity index is 419. The number of nitrogens with one attached hydrogen (secondary N) is 3. The van der Waals surface area contributed by atoms with Crippen LogP contribution < -0.4 is 10.6 Å². The quantitative estimate of drug-likeness (QED) is 0.233. The van der Waals surface area contributed by atoms with Crippen LogP contribution in [0, 0.1) is 11.5 Å². The Morgan fingerprint density at radius 3 is 3.17 bits per heavy atom. The molecule has 0 saturated heterocycles. The number of aryl methyl sites for hydroxylation is 1. The summed E-state index contributed by atoms with van der Waals surface area (Å²) in [5, 5.41) is 14.0. The molecule has 3 N–H and O–H groups in total. The monoisotopic (exact) mass is 266 g/mol. The summed E-state index contributed by atoms with van der Waals surface area (Å²) in [6.45, 7) is 2.87. The number of H-pyrrole nitrogens is 1. The predicted octanol–water partition coefficient (Wildman–Crippen LogP) is 0.851. The Labute approximate surface area is 111 Å². The molecule has 0 fully saturated rings. The van der Waals surface area contributed by atoms with Crippen molar-refractivity contribution >= 4 is 17.7 Å². The fourth-order valence-corrected chi connectivity index (χ4v) is 2.27. The van der Waals surface area contributed by atoms with Gasteiger partial charge in [0, 0.05) is 30.8 Å². The highest BCUT2D eigenvalue weighted by atomic mass is 32.2. The van der Waals surface area contributed by atoms with Gasteiger partial charge in [-0.25, -0.2) is 4.98 Å². The molecule has 0 atom stereocenters. The Kier molecular flexibility index (Phi) is 6.72. The first kappa shape index (κ1) is 14.4. The number of rotatable bonds is 6. The van der Waals surface area contributed by atoms with Crippen molar-refractivity contribution in [2.45, 2.75) is 19.1 Å². The number of nitriles is 1. The molecule has 0 saturated carbocycles. The molecule has 1 heterocycles. The summed E-state index contributed by atoms with van der Waals surface area (Å²) in [5.74, 6) is 2.37. The van der Waals surface area contributed by atoms with Gasteiger partial charge in [0.2, 0.25) is 5.96 Å². The molecule has 0 unspecified atom stereocenters. The third-order valence-electron chi connectivity index (χ3n) is 2.33. The highest BCUT2D eigenvalue weighted by Crippen LogP contribution is 2.12. The topological polar surface area (TPSA) is 88.9 Å². The zero-order valence-corrected chi connectivity index (χ0v) is 11.5. The average molecular weight is 266 g/mol. The number of aromatic nitrogens is 2. The maximum Gasteiger partial charge on any atom is 0.204 e. The van der Waals surface area contributed by atoms with Crippen molar-refractivity contribution in [3.05, 3.63) is 17.7 Å². The molecule has 6 nitrogen and oxygen atoms in total. The second-order valence-electron chi connectivity index (χ2n) is 3.47. The maximum atomic E-state index is 8.45. The van der Waals surface area contributed by atoms with Crippen molar-refractivity contribution < 1.29 is 0 Å². The first-order chi connectivity index (χ1) is 8.81. The molecule has 1 aromatic rings. The molecule has 1 aromatic heterocycles. The van der Waals surface area contributed by atoms with E-state index in [1.54, 1.807) is 13.4 Å². The predicted molar refractivity (Wildman–Crippen MR) is 74.2 cm³/mol. The number of hydrogen-bond donors (Lipinski definition) is 3. The highest BCUT2D eigenvalue weighted by Gasteiger charge is 2.03. The third kappa shape index (κ3) is 4.67. The molecule has 0 aliphatic heterocycles. The molecular formula is C11H18N6S. The van der Waals surface area contributed by atoms with Gasteiger partial charge in [0.1, 0.15) is 0 Å². The van der Waals surface area contributed by atoms with Crippen LogP contribution in [-0.2, 0) is 12.2 Å². The molecule has 0 aliphatic rings. The number of imidazole rings is 1. The Hall–Kier alpha value is -1.68. The van der Waals surface area contributed by atoms with Gasteiger partial charge in [-0.05, 0) is 6.42 Å². The van der Waals surface area contributed by atoms with E-state index in [-0.39, 0.29) is 0 Å². The van der Waals surface area contributed by atoms with Gasteiger partial charge in [-0.1, -0.05) is 6.92 Å². The lowest BCUT2D eigenvalue weighted by molar-refractivity contribution is 0.930. The zero-order valence-electron chi connectivity index (χ0n) is 10.7. The first-order valence-electron chi connectivity index (χ1n) is 5.76. The first-order valence-corrected chi connectivity index (χ1v) is 6.91. The van der Waals surface area contributed by atoms with Crippen LogP contribution >= 0.6 is 11.8 Å². The van der Waals surface area contributed by atoms with E-state index in [9.17, 15) is 0 Å². The van der Waals surface area contributed by atoms with Gasteiger partial charge < -0.3 is 10.3 Å². The van der Waals surface area contributed by atoms with Crippen LogP contribution in [-0.4, -0.2) is 35.3 Å². The smallest absolute Gasteiger partial charge is 0.204 e. The highest BCUT2D eigenvalue weighted by molar-refractivity contribution is 7.98. The summed E-state index contributed by atoms with van der Waals surface area (Å²) >= 11 is 1.81. The van der Waals surface area contributed by atoms with Crippen molar-refractivity contribution in [3.8, 4) is 6.19 Å². The SMILES string of the molecule is CCc1nc[nH]c1CSCCNC(=NC)NC#N. The zero-order chi connectivity index (χ0) is 13.2. The van der Waals surface area contributed by atoms with Gasteiger partial charge in [0.05, 0.1) is 12.0 Å². The molecule has 1 rings (SSSR count). The average Bonchev–Trinajstić information content (AvgIpc) is 2.84. The van der Waals surface area contributed by atoms with Crippen LogP contribution in [0.5, 0.6) is 0 Å². The molecule has 7 heteroatoms. The molecule has 0 aliphatic carbocycles. The van der Waals surface area contributed by atoms with Crippen LogP contribution in [0.3, 0.4) is 0 Å². The van der Waals surface area contributed by atoms with Gasteiger partial charge >= 0.3 is 0 Å². The van der Waals surface area contributed by atoms with E-state index in [0.29, 0.717) is 5.96 Å². The van der Waals surface area contributed by atoms with Crippen LogP contribution in [0.15, 0.2) is 11.3 Å². The third-order valence-corrected chi connectivity index (χ3v) is 3.31. The summed E-state index contributed by atoms with van der Waals surface area (Å²) in [6, 6.07) is 0. The fraction of sp³-hybridized carbons (Fsp3) is 0.545. The van der Waals surface area contributed by atoms with E-state index >= 15 is 0 Å². The molecule has 0 amide bonds. The minimum Gasteiger partial charge on any atom is -0.355 e. The minimum atomic E-state index is 0.508. The normalized spacial score (nSPS) is 11.1. The molecule has 0 spiro atoms. The molecular weight excluding hydrogens is 248 g/mol. The van der Waals surface area contributed by atoms with E-state index < -0.39 is 0 Å². The summed E-state index contributed by atoms with van der Waals surface area (Å²) in [6.07, 6.45) is 4.53. The van der Waals surface area contributed by atoms with E-state index in [4.69, 9.17) is 5.26 Å². The lowest BCUT2D eigenvalue weighted by Gasteiger charge is -2.06. The molecule has 0 radical (unpaired) electrons. The van der Waals surface area contributed by atoms with Gasteiger partial charge in [-0.15, -0.1) is 0 Å². The lowest BCUT2D eigenvalue weighted by Crippen LogP contribution is -2.35. The van der Waals surface area contributed by atoms with E-state index in [1.807, 2.05) is 18.0 Å². The number of hydrogen-bond acceptors (Lipinski definition) is 4. The summed E-state index contributed by atoms with van der Waals surface area (Å²) in [4.78, 5) is 11.3. The van der Waals surface area contributed by atoms with E-state index in [0.717, 1.165) is 30.2 Å². The maximum absolute atomic E-state index is 8.45. The molecule has 98 valence electrons. The van der Waals surface area contributed by atoms with Gasteiger partial charge in [0.15, 0.2) is 6.19 Å². The van der Waals surface area contributed by atoms with Crippen molar-refractivity contribution in [2.24, 2.45) is 4.99 Å². The standard InChI is InChI=1S/C11H18N6S/c1-3-9-10(17-8-16-9)6-18-5-4-14-11(13-2)15-7-12/h8H,3-6H2,1-2H3,(H,16,17)(H2,13,14,15). The fourth-order valence-electron chi connectivity index (χ4n) is 1.43. The van der Waals surface area contributed by atoms with Gasteiger partial charge in [0.25, 0.3) is 0 Å². The van der Waals surface area contributed by atoms with E-state index in [2.05, 4.69) is 32.5 Å². The molecule has 0 bridgehead atoms. The number of thioether (sulfide) groups is 1. The largest absolute Gasteiger partial charge is 0.355 e. The Balaban J connectivity index is 2.18. The van der Waals surface area contributed by atoms with Crippen molar-refractivity contribution in [3.63, 3.8) is 0 Å². The van der Waals surface area contributed by atoms with Crippen LogP contribution in [0.2, 0.25) is 0 Å². The number of aliphatic imine (C=N–C) groups is 1. The number of guanidine groups is 1. The second kappa shape index (κ2) is 8.42. The van der Waals surface area contributed by atoms with Crippen LogP contribution in [0.4, 0.5) is 0 Å². The lowest BCUT2D eigenvalue weighted by atomic mass is 10.3. The summed E-state index contributed by atoms with van der Waals surface area (Å²) in [5.41, 5.74) is 2.33. The minimum absolute atomic E-state index is 0.508. The van der Waals surface area contributed by atoms with Crippen molar-refractivity contribution in [2.75, 3.05) is 19.3 Å². The number of nitrogens with zero attached hydrogens (tertiary/aromatic N) is 3. The Morgan fingerprint density at radius 2 is 2.50 bits per heavy atom. The van der Waals surface area contributed by atoms with Gasteiger partial charge in [-0.2, -0.15) is 17.0 Å². The Morgan fingerprint density at radius 1 is 1.67 bits per heavy atom. The number of aromatic amines is 1. The molecule has 18 heavy (non-hydrogen) atoms. The van der Waals surface area contributed by atoms with Gasteiger partial charge in [-0.3, -0.25) is 10.3 Å². The second-order valence-corrected chi connectivity index (χ2v) is 4.57. The van der Waals surface area contributed by atoms with Crippen LogP contribution in [0.25, 0.3) is 0 Å². The van der Waals surface area contributed by atoms with Crippen LogP contribution in [0.1, 0.15) is 18.3 Å². The molecule has 0 aromatic carbocycles. The van der Waals surface area contributed by atoms with E-state index in [1.165, 1.54) is 5.69 Å². The summed E-state index contributed by atoms with van der Waals surface area (Å²) in [7, 11) is 1.64.